The number of aliphatic hydroxyl groups is 2. The lowest BCUT2D eigenvalue weighted by Gasteiger charge is -2.16. The largest absolute Gasteiger partial charge is 0.506 e. The summed E-state index contributed by atoms with van der Waals surface area (Å²) in [6.45, 7) is 2.43. The van der Waals surface area contributed by atoms with Gasteiger partial charge in [-0.05, 0) is 56.3 Å². The zero-order valence-electron chi connectivity index (χ0n) is 19.4. The number of hydrogen-bond acceptors (Lipinski definition) is 7. The molecule has 0 aliphatic rings. The first-order valence-electron chi connectivity index (χ1n) is 10.6. The van der Waals surface area contributed by atoms with E-state index in [-0.39, 0.29) is 21.8 Å². The number of amidine groups is 1. The van der Waals surface area contributed by atoms with Gasteiger partial charge in [0.2, 0.25) is 5.78 Å². The number of halogens is 2. The van der Waals surface area contributed by atoms with Gasteiger partial charge in [-0.1, -0.05) is 23.7 Å². The van der Waals surface area contributed by atoms with Crippen molar-refractivity contribution in [2.45, 2.75) is 24.3 Å². The van der Waals surface area contributed by atoms with E-state index in [2.05, 4.69) is 14.4 Å². The fourth-order valence-electron chi connectivity index (χ4n) is 3.24. The molecule has 0 saturated carbocycles. The number of H-pyrrole nitrogens is 1. The molecule has 0 amide bonds. The summed E-state index contributed by atoms with van der Waals surface area (Å²) in [4.78, 5) is 20.1. The molecule has 0 spiro atoms. The highest BCUT2D eigenvalue weighted by molar-refractivity contribution is 7.90. The molecular weight excluding hydrogens is 543 g/mol. The standard InChI is InChI=1S/C24H20ClFN4O5S2/c1-24(2,33)23(27)30-37(34,35)17-11-12(7-8-13(17)26)20(31)19(21(32)16-9-10-18(25)36-16)22-28-14-5-3-4-6-15(14)29-22/h3-11,31,33H,1-2H3,(H2,27,30)(H,28,29). The van der Waals surface area contributed by atoms with Crippen molar-refractivity contribution in [2.24, 2.45) is 10.1 Å². The molecule has 0 bridgehead atoms. The summed E-state index contributed by atoms with van der Waals surface area (Å²) >= 11 is 6.97. The van der Waals surface area contributed by atoms with Crippen LogP contribution in [0.4, 0.5) is 4.39 Å². The van der Waals surface area contributed by atoms with E-state index in [9.17, 15) is 27.8 Å². The van der Waals surface area contributed by atoms with Crippen molar-refractivity contribution in [3.63, 3.8) is 0 Å². The highest BCUT2D eigenvalue weighted by Gasteiger charge is 2.28. The predicted molar refractivity (Wildman–Crippen MR) is 141 cm³/mol. The van der Waals surface area contributed by atoms with Gasteiger partial charge in [0.15, 0.2) is 0 Å². The van der Waals surface area contributed by atoms with Gasteiger partial charge < -0.3 is 20.9 Å². The lowest BCUT2D eigenvalue weighted by Crippen LogP contribution is -2.38. The fraction of sp³-hybridized carbons (Fsp3) is 0.125. The summed E-state index contributed by atoms with van der Waals surface area (Å²) in [7, 11) is -4.74. The number of ketones is 1. The number of imidazole rings is 1. The normalized spacial score (nSPS) is 13.6. The maximum absolute atomic E-state index is 14.6. The van der Waals surface area contributed by atoms with Crippen LogP contribution in [0.2, 0.25) is 4.34 Å². The van der Waals surface area contributed by atoms with Crippen molar-refractivity contribution >= 4 is 66.9 Å². The van der Waals surface area contributed by atoms with Crippen LogP contribution in [0.3, 0.4) is 0 Å². The van der Waals surface area contributed by atoms with Crippen LogP contribution in [-0.4, -0.2) is 45.8 Å². The number of aliphatic hydroxyl groups excluding tert-OH is 1. The number of thiophene rings is 1. The van der Waals surface area contributed by atoms with Gasteiger partial charge in [-0.2, -0.15) is 8.42 Å². The van der Waals surface area contributed by atoms with Gasteiger partial charge in [0, 0.05) is 5.56 Å². The van der Waals surface area contributed by atoms with Gasteiger partial charge >= 0.3 is 0 Å². The van der Waals surface area contributed by atoms with Crippen LogP contribution >= 0.6 is 22.9 Å². The summed E-state index contributed by atoms with van der Waals surface area (Å²) < 4.78 is 43.8. The van der Waals surface area contributed by atoms with Crippen molar-refractivity contribution in [3.8, 4) is 0 Å². The maximum atomic E-state index is 14.6. The van der Waals surface area contributed by atoms with E-state index in [1.165, 1.54) is 26.0 Å². The van der Waals surface area contributed by atoms with E-state index in [0.717, 1.165) is 29.5 Å². The molecule has 37 heavy (non-hydrogen) atoms. The van der Waals surface area contributed by atoms with Crippen LogP contribution < -0.4 is 5.73 Å². The third-order valence-corrected chi connectivity index (χ3v) is 7.75. The summed E-state index contributed by atoms with van der Waals surface area (Å²) in [6, 6.07) is 12.6. The molecule has 4 rings (SSSR count). The smallest absolute Gasteiger partial charge is 0.286 e. The lowest BCUT2D eigenvalue weighted by atomic mass is 10.0. The van der Waals surface area contributed by atoms with Crippen molar-refractivity contribution in [1.29, 1.82) is 0 Å². The molecule has 13 heteroatoms. The Hall–Kier alpha value is -3.58. The van der Waals surface area contributed by atoms with Crippen LogP contribution in [0.5, 0.6) is 0 Å². The van der Waals surface area contributed by atoms with Gasteiger partial charge in [0.1, 0.15) is 39.3 Å². The Morgan fingerprint density at radius 2 is 1.89 bits per heavy atom. The fourth-order valence-corrected chi connectivity index (χ4v) is 5.40. The molecule has 4 aromatic rings. The zero-order chi connectivity index (χ0) is 27.1. The summed E-state index contributed by atoms with van der Waals surface area (Å²) in [6.07, 6.45) is 0. The number of fused-ring (bicyclic) bond motifs is 1. The molecule has 9 nitrogen and oxygen atoms in total. The second-order valence-corrected chi connectivity index (χ2v) is 11.7. The average molecular weight is 563 g/mol. The Kier molecular flexibility index (Phi) is 6.95. The number of nitrogens with one attached hydrogen (secondary N) is 1. The SMILES string of the molecule is CC(C)(O)C(N)=NS(=O)(=O)c1cc(C(O)=C(C(=O)c2ccc(Cl)s2)c2nc3ccccc3[nH]2)ccc1F. The first kappa shape index (κ1) is 26.5. The Bertz CT molecular complexity index is 1670. The number of allylic oxidation sites excluding steroid dienone is 1. The van der Waals surface area contributed by atoms with Crippen LogP contribution in [0.1, 0.15) is 34.9 Å². The monoisotopic (exact) mass is 562 g/mol. The number of Topliss-reactive ketones (excluding diaryl/α,β-unsaturated/α-hetero) is 1. The minimum absolute atomic E-state index is 0.00579. The van der Waals surface area contributed by atoms with Crippen molar-refractivity contribution in [2.75, 3.05) is 0 Å². The Balaban J connectivity index is 1.93. The van der Waals surface area contributed by atoms with Crippen LogP contribution in [0.15, 0.2) is 63.9 Å². The molecule has 0 atom stereocenters. The summed E-state index contributed by atoms with van der Waals surface area (Å²) in [5, 5.41) is 21.2. The molecule has 0 aliphatic heterocycles. The second-order valence-electron chi connectivity index (χ2n) is 8.41. The molecule has 192 valence electrons. The van der Waals surface area contributed by atoms with E-state index in [4.69, 9.17) is 17.3 Å². The summed E-state index contributed by atoms with van der Waals surface area (Å²) in [5.41, 5.74) is 4.38. The van der Waals surface area contributed by atoms with E-state index in [1.807, 2.05) is 0 Å². The molecule has 2 aromatic carbocycles. The van der Waals surface area contributed by atoms with Gasteiger partial charge in [-0.15, -0.1) is 15.7 Å². The first-order valence-corrected chi connectivity index (χ1v) is 13.2. The number of sulfonamides is 1. The molecule has 0 saturated heterocycles. The lowest BCUT2D eigenvalue weighted by molar-refractivity contribution is 0.105. The molecule has 0 aliphatic carbocycles. The molecular formula is C24H20ClFN4O5S2. The maximum Gasteiger partial charge on any atom is 0.286 e. The van der Waals surface area contributed by atoms with E-state index in [0.29, 0.717) is 15.4 Å². The van der Waals surface area contributed by atoms with Crippen molar-refractivity contribution in [1.82, 2.24) is 9.97 Å². The van der Waals surface area contributed by atoms with E-state index >= 15 is 0 Å². The summed E-state index contributed by atoms with van der Waals surface area (Å²) in [5.74, 6) is -3.14. The number of para-hydroxylation sites is 2. The van der Waals surface area contributed by atoms with E-state index in [1.54, 1.807) is 24.3 Å². The molecule has 0 fully saturated rings. The number of rotatable bonds is 7. The molecule has 2 heterocycles. The molecule has 5 N–H and O–H groups in total. The topological polar surface area (TPSA) is 159 Å². The van der Waals surface area contributed by atoms with Gasteiger partial charge in [-0.3, -0.25) is 4.79 Å². The van der Waals surface area contributed by atoms with E-state index < -0.39 is 43.7 Å². The van der Waals surface area contributed by atoms with Crippen LogP contribution in [-0.2, 0) is 10.0 Å². The van der Waals surface area contributed by atoms with Crippen molar-refractivity contribution < 1.29 is 27.8 Å². The zero-order valence-corrected chi connectivity index (χ0v) is 21.7. The van der Waals surface area contributed by atoms with Gasteiger partial charge in [0.25, 0.3) is 10.0 Å². The number of aromatic nitrogens is 2. The van der Waals surface area contributed by atoms with Crippen molar-refractivity contribution in [3.05, 3.63) is 81.0 Å². The Morgan fingerprint density at radius 3 is 2.51 bits per heavy atom. The quantitative estimate of drug-likeness (QED) is 0.0845. The van der Waals surface area contributed by atoms with Gasteiger partial charge in [0.05, 0.1) is 20.2 Å². The number of carbonyl (C=O) groups is 1. The number of nitrogens with two attached hydrogens (primary N) is 1. The highest BCUT2D eigenvalue weighted by Crippen LogP contribution is 2.33. The predicted octanol–water partition coefficient (Wildman–Crippen LogP) is 4.54. The minimum atomic E-state index is -4.74. The molecule has 2 aromatic heterocycles. The number of aromatic amines is 1. The molecule has 0 unspecified atom stereocenters. The third-order valence-electron chi connectivity index (χ3n) is 5.21. The second kappa shape index (κ2) is 9.71. The van der Waals surface area contributed by atoms with Crippen LogP contribution in [0.25, 0.3) is 22.4 Å². The van der Waals surface area contributed by atoms with Crippen LogP contribution in [0, 0.1) is 5.82 Å². The average Bonchev–Trinajstić information content (AvgIpc) is 3.44. The number of benzene rings is 2. The van der Waals surface area contributed by atoms with Gasteiger partial charge in [-0.25, -0.2) is 9.37 Å². The Labute approximate surface area is 219 Å². The number of nitrogens with zero attached hydrogens (tertiary/aromatic N) is 2. The highest BCUT2D eigenvalue weighted by atomic mass is 35.5. The third kappa shape index (κ3) is 5.42. The number of carbonyl (C=O) groups excluding carboxylic acids is 1. The Morgan fingerprint density at radius 1 is 1.19 bits per heavy atom. The first-order chi connectivity index (χ1) is 17.3. The number of hydrogen-bond donors (Lipinski definition) is 4. The molecule has 0 radical (unpaired) electrons. The minimum Gasteiger partial charge on any atom is -0.506 e.